The first kappa shape index (κ1) is 26.0. The van der Waals surface area contributed by atoms with Gasteiger partial charge in [0.25, 0.3) is 5.56 Å². The Balaban J connectivity index is 1.39. The third kappa shape index (κ3) is 4.84. The Morgan fingerprint density at radius 2 is 1.71 bits per heavy atom. The van der Waals surface area contributed by atoms with E-state index < -0.39 is 0 Å². The number of hydrogen-bond donors (Lipinski definition) is 0. The highest BCUT2D eigenvalue weighted by atomic mass is 35.5. The summed E-state index contributed by atoms with van der Waals surface area (Å²) in [5.41, 5.74) is 7.06. The van der Waals surface area contributed by atoms with E-state index in [1.165, 1.54) is 16.9 Å². The van der Waals surface area contributed by atoms with Crippen molar-refractivity contribution in [3.8, 4) is 5.75 Å². The van der Waals surface area contributed by atoms with Crippen molar-refractivity contribution in [1.29, 1.82) is 0 Å². The van der Waals surface area contributed by atoms with E-state index in [0.717, 1.165) is 46.4 Å². The number of hydrogen-bond acceptors (Lipinski definition) is 4. The highest BCUT2D eigenvalue weighted by Crippen LogP contribution is 2.43. The van der Waals surface area contributed by atoms with E-state index in [2.05, 4.69) is 18.2 Å². The Morgan fingerprint density at radius 1 is 0.927 bits per heavy atom. The van der Waals surface area contributed by atoms with Gasteiger partial charge in [-0.05, 0) is 59.4 Å². The molecule has 0 spiro atoms. The van der Waals surface area contributed by atoms with E-state index in [0.29, 0.717) is 31.7 Å². The third-order valence-corrected chi connectivity index (χ3v) is 9.12. The number of aromatic nitrogens is 1. The quantitative estimate of drug-likeness (QED) is 0.216. The van der Waals surface area contributed by atoms with Crippen LogP contribution < -0.4 is 19.6 Å². The van der Waals surface area contributed by atoms with Gasteiger partial charge in [-0.3, -0.25) is 9.36 Å². The predicted molar refractivity (Wildman–Crippen MR) is 166 cm³/mol. The van der Waals surface area contributed by atoms with Crippen LogP contribution in [-0.4, -0.2) is 4.57 Å². The smallest absolute Gasteiger partial charge is 0.271 e. The lowest BCUT2D eigenvalue weighted by Gasteiger charge is -2.31. The third-order valence-electron chi connectivity index (χ3n) is 7.57. The molecule has 0 bridgehead atoms. The van der Waals surface area contributed by atoms with Crippen LogP contribution in [0.4, 0.5) is 0 Å². The average molecular weight is 596 g/mol. The first-order chi connectivity index (χ1) is 20.1. The molecule has 4 aromatic carbocycles. The van der Waals surface area contributed by atoms with Gasteiger partial charge in [-0.15, -0.1) is 0 Å². The maximum Gasteiger partial charge on any atom is 0.271 e. The van der Waals surface area contributed by atoms with Crippen LogP contribution >= 0.6 is 34.5 Å². The van der Waals surface area contributed by atoms with Crippen molar-refractivity contribution in [2.75, 3.05) is 0 Å². The number of fused-ring (bicyclic) bond motifs is 3. The van der Waals surface area contributed by atoms with Gasteiger partial charge in [0.2, 0.25) is 0 Å². The lowest BCUT2D eigenvalue weighted by atomic mass is 9.83. The van der Waals surface area contributed by atoms with Crippen molar-refractivity contribution >= 4 is 46.3 Å². The number of benzene rings is 4. The SMILES string of the molecule is O=c1c(=Cc2ccccc2OCc2ccccc2)sc2n1C(c1ccc(Cl)cc1Cl)C1=C(N=2)c2ccccc2CC1. The Labute approximate surface area is 251 Å². The summed E-state index contributed by atoms with van der Waals surface area (Å²) >= 11 is 14.4. The number of allylic oxidation sites excluding steroid dienone is 1. The van der Waals surface area contributed by atoms with Crippen molar-refractivity contribution in [2.24, 2.45) is 4.99 Å². The minimum Gasteiger partial charge on any atom is -0.488 e. The maximum absolute atomic E-state index is 14.1. The number of halogens is 2. The van der Waals surface area contributed by atoms with E-state index >= 15 is 0 Å². The molecule has 0 amide bonds. The van der Waals surface area contributed by atoms with Gasteiger partial charge in [0.05, 0.1) is 16.3 Å². The Morgan fingerprint density at radius 3 is 2.56 bits per heavy atom. The summed E-state index contributed by atoms with van der Waals surface area (Å²) in [5.74, 6) is 0.715. The monoisotopic (exact) mass is 594 g/mol. The molecule has 2 heterocycles. The van der Waals surface area contributed by atoms with Crippen LogP contribution in [0.25, 0.3) is 11.8 Å². The van der Waals surface area contributed by atoms with Crippen molar-refractivity contribution in [3.05, 3.63) is 160 Å². The van der Waals surface area contributed by atoms with E-state index in [9.17, 15) is 4.79 Å². The summed E-state index contributed by atoms with van der Waals surface area (Å²) in [6, 6.07) is 31.3. The number of nitrogens with zero attached hydrogens (tertiary/aromatic N) is 2. The van der Waals surface area contributed by atoms with Gasteiger partial charge in [-0.1, -0.05) is 113 Å². The largest absolute Gasteiger partial charge is 0.488 e. The van der Waals surface area contributed by atoms with E-state index in [1.54, 1.807) is 10.6 Å². The molecule has 1 aliphatic carbocycles. The number of para-hydroxylation sites is 1. The fourth-order valence-corrected chi connectivity index (χ4v) is 7.13. The molecule has 41 heavy (non-hydrogen) atoms. The number of aryl methyl sites for hydroxylation is 1. The molecule has 7 rings (SSSR count). The van der Waals surface area contributed by atoms with Crippen LogP contribution in [0.1, 0.15) is 40.3 Å². The van der Waals surface area contributed by atoms with Gasteiger partial charge in [0.15, 0.2) is 4.80 Å². The second-order valence-corrected chi connectivity index (χ2v) is 11.9. The first-order valence-corrected chi connectivity index (χ1v) is 15.0. The van der Waals surface area contributed by atoms with Crippen molar-refractivity contribution in [3.63, 3.8) is 0 Å². The van der Waals surface area contributed by atoms with Gasteiger partial charge < -0.3 is 4.74 Å². The summed E-state index contributed by atoms with van der Waals surface area (Å²) in [4.78, 5) is 19.9. The standard InChI is InChI=1S/C34H24Cl2N2O2S/c35-24-15-17-26(28(36)19-24)32-27-16-14-22-10-4-6-12-25(22)31(27)37-34-38(32)33(39)30(41-34)18-23-11-5-7-13-29(23)40-20-21-8-2-1-3-9-21/h1-13,15,17-19,32H,14,16,20H2. The van der Waals surface area contributed by atoms with Crippen LogP contribution in [0.3, 0.4) is 0 Å². The topological polar surface area (TPSA) is 43.6 Å². The molecule has 0 fully saturated rings. The summed E-state index contributed by atoms with van der Waals surface area (Å²) in [6.07, 6.45) is 3.57. The normalized spacial score (nSPS) is 16.0. The summed E-state index contributed by atoms with van der Waals surface area (Å²) in [6.45, 7) is 0.439. The van der Waals surface area contributed by atoms with Crippen LogP contribution in [-0.2, 0) is 13.0 Å². The minimum atomic E-state index is -0.369. The Hall–Kier alpha value is -3.90. The van der Waals surface area contributed by atoms with Gasteiger partial charge in [0, 0.05) is 21.2 Å². The van der Waals surface area contributed by atoms with E-state index in [1.807, 2.05) is 78.9 Å². The highest BCUT2D eigenvalue weighted by molar-refractivity contribution is 7.07. The average Bonchev–Trinajstić information content (AvgIpc) is 3.30. The molecule has 0 saturated carbocycles. The minimum absolute atomic E-state index is 0.104. The molecule has 0 radical (unpaired) electrons. The number of thiazole rings is 1. The van der Waals surface area contributed by atoms with Crippen molar-refractivity contribution < 1.29 is 4.74 Å². The van der Waals surface area contributed by atoms with Crippen LogP contribution in [0, 0.1) is 0 Å². The molecule has 1 aliphatic heterocycles. The molecule has 1 atom stereocenters. The van der Waals surface area contributed by atoms with Crippen LogP contribution in [0.2, 0.25) is 10.0 Å². The van der Waals surface area contributed by atoms with Crippen molar-refractivity contribution in [2.45, 2.75) is 25.5 Å². The van der Waals surface area contributed by atoms with E-state index in [-0.39, 0.29) is 11.6 Å². The van der Waals surface area contributed by atoms with Gasteiger partial charge in [0.1, 0.15) is 12.4 Å². The lowest BCUT2D eigenvalue weighted by molar-refractivity contribution is 0.305. The van der Waals surface area contributed by atoms with Gasteiger partial charge in [-0.25, -0.2) is 4.99 Å². The molecule has 0 N–H and O–H groups in total. The summed E-state index contributed by atoms with van der Waals surface area (Å²) in [7, 11) is 0. The second kappa shape index (κ2) is 10.8. The lowest BCUT2D eigenvalue weighted by Crippen LogP contribution is -2.38. The zero-order chi connectivity index (χ0) is 27.9. The van der Waals surface area contributed by atoms with Crippen LogP contribution in [0.5, 0.6) is 5.75 Å². The fraction of sp³-hybridized carbons (Fsp3) is 0.118. The molecule has 202 valence electrons. The molecular weight excluding hydrogens is 571 g/mol. The summed E-state index contributed by atoms with van der Waals surface area (Å²) in [5, 5.41) is 1.09. The zero-order valence-corrected chi connectivity index (χ0v) is 24.2. The van der Waals surface area contributed by atoms with Crippen molar-refractivity contribution in [1.82, 2.24) is 4.57 Å². The predicted octanol–water partition coefficient (Wildman–Crippen LogP) is 7.20. The zero-order valence-electron chi connectivity index (χ0n) is 21.9. The van der Waals surface area contributed by atoms with E-state index in [4.69, 9.17) is 32.9 Å². The molecule has 1 unspecified atom stereocenters. The van der Waals surface area contributed by atoms with Gasteiger partial charge >= 0.3 is 0 Å². The molecule has 4 nitrogen and oxygen atoms in total. The molecule has 0 saturated heterocycles. The second-order valence-electron chi connectivity index (χ2n) is 10.1. The molecular formula is C34H24Cl2N2O2S. The fourth-order valence-electron chi connectivity index (χ4n) is 5.63. The number of rotatable bonds is 5. The first-order valence-electron chi connectivity index (χ1n) is 13.4. The molecule has 2 aliphatic rings. The Bertz CT molecular complexity index is 2010. The molecule has 7 heteroatoms. The highest BCUT2D eigenvalue weighted by Gasteiger charge is 2.33. The number of ether oxygens (including phenoxy) is 1. The Kier molecular flexibility index (Phi) is 6.87. The maximum atomic E-state index is 14.1. The molecule has 5 aromatic rings. The molecule has 1 aromatic heterocycles. The summed E-state index contributed by atoms with van der Waals surface area (Å²) < 4.78 is 8.56. The van der Waals surface area contributed by atoms with Crippen LogP contribution in [0.15, 0.2) is 112 Å². The van der Waals surface area contributed by atoms with Gasteiger partial charge in [-0.2, -0.15) is 0 Å².